The number of fused-ring (bicyclic) bond motifs is 1. The van der Waals surface area contributed by atoms with Gasteiger partial charge in [-0.15, -0.1) is 11.3 Å². The summed E-state index contributed by atoms with van der Waals surface area (Å²) < 4.78 is 8.28. The van der Waals surface area contributed by atoms with Crippen LogP contribution < -0.4 is 4.74 Å². The van der Waals surface area contributed by atoms with Crippen molar-refractivity contribution in [1.29, 1.82) is 0 Å². The van der Waals surface area contributed by atoms with E-state index in [2.05, 4.69) is 71.9 Å². The van der Waals surface area contributed by atoms with Gasteiger partial charge in [0.2, 0.25) is 0 Å². The lowest BCUT2D eigenvalue weighted by Gasteiger charge is -2.12. The van der Waals surface area contributed by atoms with E-state index in [0.29, 0.717) is 6.61 Å². The first kappa shape index (κ1) is 15.3. The van der Waals surface area contributed by atoms with Gasteiger partial charge in [0, 0.05) is 26.0 Å². The maximum Gasteiger partial charge on any atom is 0.123 e. The van der Waals surface area contributed by atoms with Crippen LogP contribution in [0.5, 0.6) is 5.75 Å². The van der Waals surface area contributed by atoms with Crippen molar-refractivity contribution in [2.45, 2.75) is 13.3 Å². The summed E-state index contributed by atoms with van der Waals surface area (Å²) >= 11 is 5.47. The number of rotatable bonds is 5. The Hall–Kier alpha value is -1.58. The SMILES string of the molecule is C=CCOc1cc(C)c(Br)cc1Cc1cc2ccccc2s1. The van der Waals surface area contributed by atoms with Gasteiger partial charge in [-0.3, -0.25) is 0 Å². The van der Waals surface area contributed by atoms with Crippen LogP contribution in [0.25, 0.3) is 10.1 Å². The molecule has 1 aromatic heterocycles. The van der Waals surface area contributed by atoms with E-state index in [-0.39, 0.29) is 0 Å². The van der Waals surface area contributed by atoms with Crippen LogP contribution in [0, 0.1) is 6.92 Å². The quantitative estimate of drug-likeness (QED) is 0.489. The second-order valence-electron chi connectivity index (χ2n) is 5.24. The molecular formula is C19H17BrOS. The fourth-order valence-corrected chi connectivity index (χ4v) is 3.91. The Morgan fingerprint density at radius 3 is 2.82 bits per heavy atom. The second kappa shape index (κ2) is 6.67. The van der Waals surface area contributed by atoms with Gasteiger partial charge < -0.3 is 4.74 Å². The number of thiophene rings is 1. The Morgan fingerprint density at radius 1 is 1.23 bits per heavy atom. The Labute approximate surface area is 143 Å². The van der Waals surface area contributed by atoms with E-state index in [9.17, 15) is 0 Å². The average Bonchev–Trinajstić information content (AvgIpc) is 2.91. The van der Waals surface area contributed by atoms with Gasteiger partial charge in [-0.2, -0.15) is 0 Å². The predicted molar refractivity (Wildman–Crippen MR) is 99.2 cm³/mol. The fraction of sp³-hybridized carbons (Fsp3) is 0.158. The molecule has 0 fully saturated rings. The van der Waals surface area contributed by atoms with E-state index in [4.69, 9.17) is 4.74 Å². The number of hydrogen-bond acceptors (Lipinski definition) is 2. The summed E-state index contributed by atoms with van der Waals surface area (Å²) in [4.78, 5) is 1.35. The van der Waals surface area contributed by atoms with Crippen molar-refractivity contribution in [1.82, 2.24) is 0 Å². The molecule has 1 heterocycles. The number of hydrogen-bond donors (Lipinski definition) is 0. The van der Waals surface area contributed by atoms with Crippen LogP contribution in [0.3, 0.4) is 0 Å². The van der Waals surface area contributed by atoms with E-state index in [0.717, 1.165) is 16.6 Å². The Bertz CT molecular complexity index is 786. The Balaban J connectivity index is 1.95. The van der Waals surface area contributed by atoms with E-state index in [1.165, 1.54) is 26.1 Å². The van der Waals surface area contributed by atoms with Crippen LogP contribution >= 0.6 is 27.3 Å². The topological polar surface area (TPSA) is 9.23 Å². The highest BCUT2D eigenvalue weighted by atomic mass is 79.9. The van der Waals surface area contributed by atoms with E-state index >= 15 is 0 Å². The molecule has 0 unspecified atom stereocenters. The third kappa shape index (κ3) is 3.26. The molecule has 0 atom stereocenters. The van der Waals surface area contributed by atoms with E-state index in [1.54, 1.807) is 6.08 Å². The van der Waals surface area contributed by atoms with Crippen LogP contribution in [0.15, 0.2) is 59.6 Å². The molecule has 1 nitrogen and oxygen atoms in total. The maximum atomic E-state index is 5.83. The van der Waals surface area contributed by atoms with Crippen molar-refractivity contribution >= 4 is 37.4 Å². The molecule has 0 radical (unpaired) electrons. The normalized spacial score (nSPS) is 10.8. The molecule has 0 saturated heterocycles. The second-order valence-corrected chi connectivity index (χ2v) is 7.26. The zero-order valence-electron chi connectivity index (χ0n) is 12.4. The fourth-order valence-electron chi connectivity index (χ4n) is 2.43. The molecule has 2 aromatic carbocycles. The predicted octanol–water partition coefficient (Wildman–Crippen LogP) is 6.13. The molecule has 0 saturated carbocycles. The highest BCUT2D eigenvalue weighted by Crippen LogP contribution is 2.32. The minimum atomic E-state index is 0.528. The maximum absolute atomic E-state index is 5.83. The number of ether oxygens (including phenoxy) is 1. The van der Waals surface area contributed by atoms with Crippen molar-refractivity contribution in [3.63, 3.8) is 0 Å². The summed E-state index contributed by atoms with van der Waals surface area (Å²) in [5, 5.41) is 1.31. The lowest BCUT2D eigenvalue weighted by molar-refractivity contribution is 0.359. The molecule has 0 spiro atoms. The van der Waals surface area contributed by atoms with Crippen LogP contribution in [-0.4, -0.2) is 6.61 Å². The zero-order valence-corrected chi connectivity index (χ0v) is 14.8. The van der Waals surface area contributed by atoms with Crippen molar-refractivity contribution in [2.75, 3.05) is 6.61 Å². The summed E-state index contributed by atoms with van der Waals surface area (Å²) in [7, 11) is 0. The summed E-state index contributed by atoms with van der Waals surface area (Å²) in [6, 6.07) is 15.0. The van der Waals surface area contributed by atoms with Gasteiger partial charge in [0.05, 0.1) is 0 Å². The van der Waals surface area contributed by atoms with Crippen molar-refractivity contribution < 1.29 is 4.74 Å². The summed E-state index contributed by atoms with van der Waals surface area (Å²) in [6.45, 7) is 6.33. The number of aryl methyl sites for hydroxylation is 1. The van der Waals surface area contributed by atoms with Gasteiger partial charge in [-0.05, 0) is 42.1 Å². The first-order chi connectivity index (χ1) is 10.7. The summed E-state index contributed by atoms with van der Waals surface area (Å²) in [6.07, 6.45) is 2.66. The summed E-state index contributed by atoms with van der Waals surface area (Å²) in [5.74, 6) is 0.943. The number of halogens is 1. The first-order valence-corrected chi connectivity index (χ1v) is 8.78. The molecule has 3 aromatic rings. The Kier molecular flexibility index (Phi) is 4.65. The molecule has 0 aliphatic rings. The smallest absolute Gasteiger partial charge is 0.123 e. The molecule has 0 N–H and O–H groups in total. The third-order valence-electron chi connectivity index (χ3n) is 3.54. The molecule has 0 aliphatic carbocycles. The van der Waals surface area contributed by atoms with Gasteiger partial charge in [-0.25, -0.2) is 0 Å². The minimum absolute atomic E-state index is 0.528. The lowest BCUT2D eigenvalue weighted by atomic mass is 10.1. The Morgan fingerprint density at radius 2 is 2.05 bits per heavy atom. The van der Waals surface area contributed by atoms with Crippen LogP contribution in [0.1, 0.15) is 16.0 Å². The van der Waals surface area contributed by atoms with Gasteiger partial charge in [0.15, 0.2) is 0 Å². The van der Waals surface area contributed by atoms with Crippen LogP contribution in [-0.2, 0) is 6.42 Å². The standard InChI is InChI=1S/C19H17BrOS/c1-3-8-21-18-9-13(2)17(20)12-15(18)11-16-10-14-6-4-5-7-19(14)22-16/h3-7,9-10,12H,1,8,11H2,2H3. The van der Waals surface area contributed by atoms with E-state index < -0.39 is 0 Å². The molecule has 22 heavy (non-hydrogen) atoms. The van der Waals surface area contributed by atoms with Crippen molar-refractivity contribution in [2.24, 2.45) is 0 Å². The van der Waals surface area contributed by atoms with Gasteiger partial charge in [0.1, 0.15) is 12.4 Å². The highest BCUT2D eigenvalue weighted by molar-refractivity contribution is 9.10. The molecule has 3 rings (SSSR count). The third-order valence-corrected chi connectivity index (χ3v) is 5.51. The van der Waals surface area contributed by atoms with E-state index in [1.807, 2.05) is 11.3 Å². The largest absolute Gasteiger partial charge is 0.489 e. The van der Waals surface area contributed by atoms with Crippen LogP contribution in [0.2, 0.25) is 0 Å². The van der Waals surface area contributed by atoms with Crippen molar-refractivity contribution in [3.8, 4) is 5.75 Å². The molecule has 112 valence electrons. The molecular weight excluding hydrogens is 356 g/mol. The zero-order chi connectivity index (χ0) is 15.5. The minimum Gasteiger partial charge on any atom is -0.489 e. The van der Waals surface area contributed by atoms with Gasteiger partial charge in [0.25, 0.3) is 0 Å². The average molecular weight is 373 g/mol. The first-order valence-electron chi connectivity index (χ1n) is 7.17. The molecule has 0 bridgehead atoms. The highest BCUT2D eigenvalue weighted by Gasteiger charge is 2.10. The molecule has 0 aliphatic heterocycles. The summed E-state index contributed by atoms with van der Waals surface area (Å²) in [5.41, 5.74) is 2.38. The molecule has 0 amide bonds. The van der Waals surface area contributed by atoms with Gasteiger partial charge >= 0.3 is 0 Å². The monoisotopic (exact) mass is 372 g/mol. The number of benzene rings is 2. The van der Waals surface area contributed by atoms with Gasteiger partial charge in [-0.1, -0.05) is 46.8 Å². The molecule has 3 heteroatoms. The lowest BCUT2D eigenvalue weighted by Crippen LogP contribution is -1.99. The van der Waals surface area contributed by atoms with Crippen LogP contribution in [0.4, 0.5) is 0 Å². The van der Waals surface area contributed by atoms with Crippen molar-refractivity contribution in [3.05, 3.63) is 75.6 Å².